The summed E-state index contributed by atoms with van der Waals surface area (Å²) in [6, 6.07) is 11.9. The lowest BCUT2D eigenvalue weighted by Gasteiger charge is -2.19. The Hall–Kier alpha value is -3.81. The molecule has 0 fully saturated rings. The number of hydrogen-bond donors (Lipinski definition) is 3. The van der Waals surface area contributed by atoms with Crippen molar-refractivity contribution in [3.8, 4) is 11.5 Å². The number of nitrogens with zero attached hydrogens (tertiary/aromatic N) is 1. The molecule has 1 amide bonds. The number of pyridine rings is 1. The second-order valence-corrected chi connectivity index (χ2v) is 6.69. The SMILES string of the molecule is CCOc1cc(C(C=O)Nc2ccc3c(N)nccc3c2)ccc1OC(C)C(N)=O. The minimum Gasteiger partial charge on any atom is -0.490 e. The van der Waals surface area contributed by atoms with Crippen molar-refractivity contribution in [2.24, 2.45) is 5.73 Å². The fourth-order valence-electron chi connectivity index (χ4n) is 3.00. The summed E-state index contributed by atoms with van der Waals surface area (Å²) in [6.45, 7) is 3.78. The van der Waals surface area contributed by atoms with Crippen molar-refractivity contribution in [1.82, 2.24) is 4.98 Å². The molecule has 0 saturated heterocycles. The zero-order valence-electron chi connectivity index (χ0n) is 16.8. The number of carbonyl (C=O) groups excluding carboxylic acids is 2. The largest absolute Gasteiger partial charge is 0.490 e. The monoisotopic (exact) mass is 408 g/mol. The van der Waals surface area contributed by atoms with E-state index >= 15 is 0 Å². The van der Waals surface area contributed by atoms with E-state index < -0.39 is 18.1 Å². The van der Waals surface area contributed by atoms with E-state index in [4.69, 9.17) is 20.9 Å². The van der Waals surface area contributed by atoms with Crippen molar-refractivity contribution in [1.29, 1.82) is 0 Å². The van der Waals surface area contributed by atoms with Crippen LogP contribution in [0.5, 0.6) is 11.5 Å². The number of fused-ring (bicyclic) bond motifs is 1. The molecule has 0 aliphatic rings. The number of carbonyl (C=O) groups is 2. The quantitative estimate of drug-likeness (QED) is 0.464. The molecular weight excluding hydrogens is 384 g/mol. The van der Waals surface area contributed by atoms with Gasteiger partial charge in [0.05, 0.1) is 6.61 Å². The minimum atomic E-state index is -0.811. The van der Waals surface area contributed by atoms with E-state index in [0.717, 1.165) is 22.7 Å². The molecule has 30 heavy (non-hydrogen) atoms. The van der Waals surface area contributed by atoms with Crippen LogP contribution in [-0.4, -0.2) is 29.9 Å². The van der Waals surface area contributed by atoms with E-state index in [2.05, 4.69) is 10.3 Å². The van der Waals surface area contributed by atoms with E-state index in [0.29, 0.717) is 29.5 Å². The number of anilines is 2. The maximum absolute atomic E-state index is 11.8. The summed E-state index contributed by atoms with van der Waals surface area (Å²) in [6.07, 6.45) is 1.64. The third-order valence-electron chi connectivity index (χ3n) is 4.58. The third-order valence-corrected chi connectivity index (χ3v) is 4.58. The number of benzene rings is 2. The second-order valence-electron chi connectivity index (χ2n) is 6.69. The van der Waals surface area contributed by atoms with Gasteiger partial charge in [-0.25, -0.2) is 4.98 Å². The van der Waals surface area contributed by atoms with Crippen LogP contribution >= 0.6 is 0 Å². The number of hydrogen-bond acceptors (Lipinski definition) is 7. The first-order valence-corrected chi connectivity index (χ1v) is 9.51. The molecule has 2 aromatic carbocycles. The number of amides is 1. The van der Waals surface area contributed by atoms with E-state index in [1.807, 2.05) is 31.2 Å². The molecule has 5 N–H and O–H groups in total. The fourth-order valence-corrected chi connectivity index (χ4v) is 3.00. The number of rotatable bonds is 9. The average molecular weight is 408 g/mol. The lowest BCUT2D eigenvalue weighted by molar-refractivity contribution is -0.124. The molecule has 156 valence electrons. The van der Waals surface area contributed by atoms with Crippen LogP contribution in [0.4, 0.5) is 11.5 Å². The number of aldehydes is 1. The molecule has 8 nitrogen and oxygen atoms in total. The number of nitrogen functional groups attached to an aromatic ring is 1. The maximum Gasteiger partial charge on any atom is 0.258 e. The molecule has 0 bridgehead atoms. The Labute approximate surface area is 174 Å². The van der Waals surface area contributed by atoms with Crippen LogP contribution in [-0.2, 0) is 9.59 Å². The Morgan fingerprint density at radius 3 is 2.70 bits per heavy atom. The van der Waals surface area contributed by atoms with Gasteiger partial charge in [-0.2, -0.15) is 0 Å². The smallest absolute Gasteiger partial charge is 0.258 e. The molecule has 0 aliphatic carbocycles. The molecule has 0 spiro atoms. The van der Waals surface area contributed by atoms with Crippen LogP contribution in [0.3, 0.4) is 0 Å². The van der Waals surface area contributed by atoms with E-state index in [-0.39, 0.29) is 0 Å². The van der Waals surface area contributed by atoms with Crippen LogP contribution < -0.4 is 26.3 Å². The molecule has 8 heteroatoms. The summed E-state index contributed by atoms with van der Waals surface area (Å²) in [5, 5.41) is 4.96. The lowest BCUT2D eigenvalue weighted by atomic mass is 10.1. The first-order valence-electron chi connectivity index (χ1n) is 9.51. The standard InChI is InChI=1S/C22H24N4O4/c1-3-29-20-11-15(4-7-19(20)30-13(2)22(24)28)18(12-27)26-16-5-6-17-14(10-16)8-9-25-21(17)23/h4-13,18,26H,3H2,1-2H3,(H2,23,25)(H2,24,28). The van der Waals surface area contributed by atoms with Gasteiger partial charge >= 0.3 is 0 Å². The van der Waals surface area contributed by atoms with Crippen LogP contribution in [0.2, 0.25) is 0 Å². The Kier molecular flexibility index (Phi) is 6.36. The molecule has 1 heterocycles. The molecule has 2 atom stereocenters. The van der Waals surface area contributed by atoms with Crippen molar-refractivity contribution < 1.29 is 19.1 Å². The zero-order chi connectivity index (χ0) is 21.7. The van der Waals surface area contributed by atoms with E-state index in [9.17, 15) is 9.59 Å². The Morgan fingerprint density at radius 2 is 2.00 bits per heavy atom. The highest BCUT2D eigenvalue weighted by Crippen LogP contribution is 2.32. The molecule has 3 rings (SSSR count). The molecule has 0 radical (unpaired) electrons. The average Bonchev–Trinajstić information content (AvgIpc) is 2.73. The van der Waals surface area contributed by atoms with Gasteiger partial charge in [0.15, 0.2) is 17.6 Å². The fraction of sp³-hybridized carbons (Fsp3) is 0.227. The number of ether oxygens (including phenoxy) is 2. The normalized spacial score (nSPS) is 12.7. The molecule has 1 aromatic heterocycles. The Bertz CT molecular complexity index is 1070. The topological polar surface area (TPSA) is 130 Å². The molecule has 0 saturated carbocycles. The van der Waals surface area contributed by atoms with Crippen LogP contribution in [0.15, 0.2) is 48.7 Å². The Morgan fingerprint density at radius 1 is 1.20 bits per heavy atom. The number of primary amides is 1. The maximum atomic E-state index is 11.8. The van der Waals surface area contributed by atoms with Crippen molar-refractivity contribution in [2.45, 2.75) is 26.0 Å². The summed E-state index contributed by atoms with van der Waals surface area (Å²) in [4.78, 5) is 27.2. The van der Waals surface area contributed by atoms with Gasteiger partial charge in [0.2, 0.25) is 0 Å². The minimum absolute atomic E-state index is 0.380. The second kappa shape index (κ2) is 9.13. The van der Waals surface area contributed by atoms with Gasteiger partial charge in [0.1, 0.15) is 18.1 Å². The van der Waals surface area contributed by atoms with E-state index in [1.165, 1.54) is 0 Å². The summed E-state index contributed by atoms with van der Waals surface area (Å²) < 4.78 is 11.2. The van der Waals surface area contributed by atoms with E-state index in [1.54, 1.807) is 31.3 Å². The van der Waals surface area contributed by atoms with Gasteiger partial charge in [0, 0.05) is 17.3 Å². The van der Waals surface area contributed by atoms with Gasteiger partial charge in [0.25, 0.3) is 5.91 Å². The third kappa shape index (κ3) is 4.60. The summed E-state index contributed by atoms with van der Waals surface area (Å²) >= 11 is 0. The van der Waals surface area contributed by atoms with Crippen molar-refractivity contribution in [3.63, 3.8) is 0 Å². The summed E-state index contributed by atoms with van der Waals surface area (Å²) in [5.41, 5.74) is 12.6. The number of nitrogens with one attached hydrogen (secondary N) is 1. The highest BCUT2D eigenvalue weighted by molar-refractivity contribution is 5.93. The predicted molar refractivity (Wildman–Crippen MR) is 115 cm³/mol. The van der Waals surface area contributed by atoms with Crippen molar-refractivity contribution in [2.75, 3.05) is 17.7 Å². The highest BCUT2D eigenvalue weighted by Gasteiger charge is 2.18. The Balaban J connectivity index is 1.87. The van der Waals surface area contributed by atoms with Gasteiger partial charge in [-0.1, -0.05) is 6.07 Å². The molecule has 3 aromatic rings. The van der Waals surface area contributed by atoms with Crippen LogP contribution in [0, 0.1) is 0 Å². The molecule has 0 aliphatic heterocycles. The first-order chi connectivity index (χ1) is 14.4. The molecular formula is C22H24N4O4. The van der Waals surface area contributed by atoms with Crippen LogP contribution in [0.1, 0.15) is 25.5 Å². The number of nitrogens with two attached hydrogens (primary N) is 2. The van der Waals surface area contributed by atoms with Crippen molar-refractivity contribution in [3.05, 3.63) is 54.2 Å². The zero-order valence-corrected chi connectivity index (χ0v) is 16.8. The van der Waals surface area contributed by atoms with Crippen LogP contribution in [0.25, 0.3) is 10.8 Å². The number of aromatic nitrogens is 1. The lowest BCUT2D eigenvalue weighted by Crippen LogP contribution is -2.30. The van der Waals surface area contributed by atoms with Gasteiger partial charge in [-0.3, -0.25) is 4.79 Å². The van der Waals surface area contributed by atoms with Gasteiger partial charge in [-0.05, 0) is 61.2 Å². The van der Waals surface area contributed by atoms with Crippen molar-refractivity contribution >= 4 is 34.5 Å². The summed E-state index contributed by atoms with van der Waals surface area (Å²) in [5.74, 6) is 0.675. The highest BCUT2D eigenvalue weighted by atomic mass is 16.5. The summed E-state index contributed by atoms with van der Waals surface area (Å²) in [7, 11) is 0. The first kappa shape index (κ1) is 20.9. The molecule has 2 unspecified atom stereocenters. The van der Waals surface area contributed by atoms with Gasteiger partial charge in [-0.15, -0.1) is 0 Å². The predicted octanol–water partition coefficient (Wildman–Crippen LogP) is 2.82. The van der Waals surface area contributed by atoms with Gasteiger partial charge < -0.3 is 31.1 Å².